The van der Waals surface area contributed by atoms with E-state index in [9.17, 15) is 0 Å². The van der Waals surface area contributed by atoms with E-state index in [4.69, 9.17) is 0 Å². The van der Waals surface area contributed by atoms with Gasteiger partial charge in [-0.2, -0.15) is 4.98 Å². The third kappa shape index (κ3) is 4.70. The van der Waals surface area contributed by atoms with Crippen LogP contribution in [0.25, 0.3) is 0 Å². The fourth-order valence-corrected chi connectivity index (χ4v) is 2.03. The van der Waals surface area contributed by atoms with Crippen LogP contribution in [0.15, 0.2) is 30.6 Å². The van der Waals surface area contributed by atoms with Crippen molar-refractivity contribution in [3.05, 3.63) is 41.9 Å². The Labute approximate surface area is 126 Å². The van der Waals surface area contributed by atoms with Crippen LogP contribution in [0.2, 0.25) is 0 Å². The van der Waals surface area contributed by atoms with Crippen molar-refractivity contribution in [3.63, 3.8) is 0 Å². The van der Waals surface area contributed by atoms with Crippen LogP contribution in [0.5, 0.6) is 0 Å². The number of likely N-dealkylation sites (N-methyl/N-ethyl adjacent to an activating group) is 1. The highest BCUT2D eigenvalue weighted by Crippen LogP contribution is 2.14. The van der Waals surface area contributed by atoms with E-state index < -0.39 is 0 Å². The van der Waals surface area contributed by atoms with Gasteiger partial charge in [0.2, 0.25) is 5.95 Å². The second-order valence-electron chi connectivity index (χ2n) is 5.52. The molecule has 0 amide bonds. The lowest BCUT2D eigenvalue weighted by atomic mass is 10.2. The van der Waals surface area contributed by atoms with Gasteiger partial charge in [0, 0.05) is 43.8 Å². The van der Waals surface area contributed by atoms with E-state index in [1.807, 2.05) is 37.5 Å². The molecule has 1 N–H and O–H groups in total. The molecule has 2 heterocycles. The Bertz CT molecular complexity index is 568. The van der Waals surface area contributed by atoms with E-state index in [1.165, 1.54) is 5.56 Å². The fourth-order valence-electron chi connectivity index (χ4n) is 2.03. The van der Waals surface area contributed by atoms with Crippen molar-refractivity contribution in [1.82, 2.24) is 15.0 Å². The number of pyridine rings is 1. The lowest BCUT2D eigenvalue weighted by Gasteiger charge is -2.20. The van der Waals surface area contributed by atoms with Gasteiger partial charge in [0.05, 0.1) is 0 Å². The summed E-state index contributed by atoms with van der Waals surface area (Å²) in [6.45, 7) is 7.06. The highest BCUT2D eigenvalue weighted by Gasteiger charge is 2.07. The van der Waals surface area contributed by atoms with Gasteiger partial charge in [0.1, 0.15) is 5.82 Å². The molecule has 0 saturated heterocycles. The molecule has 0 spiro atoms. The smallest absolute Gasteiger partial charge is 0.225 e. The maximum atomic E-state index is 4.58. The van der Waals surface area contributed by atoms with Gasteiger partial charge in [0.25, 0.3) is 0 Å². The molecule has 21 heavy (non-hydrogen) atoms. The molecule has 0 bridgehead atoms. The number of nitrogens with zero attached hydrogens (tertiary/aromatic N) is 4. The molecule has 112 valence electrons. The molecule has 0 radical (unpaired) electrons. The number of hydrogen-bond acceptors (Lipinski definition) is 5. The molecule has 0 saturated carbocycles. The van der Waals surface area contributed by atoms with Crippen molar-refractivity contribution >= 4 is 11.8 Å². The van der Waals surface area contributed by atoms with E-state index in [0.717, 1.165) is 24.5 Å². The van der Waals surface area contributed by atoms with Crippen LogP contribution in [0.3, 0.4) is 0 Å². The van der Waals surface area contributed by atoms with Crippen molar-refractivity contribution in [2.24, 2.45) is 0 Å². The standard InChI is InChI=1S/C16H23N5/c1-12(2)18-16-19-13(3)11-15(20-16)21(4)10-7-14-5-8-17-9-6-14/h5-6,8-9,11-12H,7,10H2,1-4H3,(H,18,19,20). The van der Waals surface area contributed by atoms with Crippen molar-refractivity contribution in [1.29, 1.82) is 0 Å². The van der Waals surface area contributed by atoms with Crippen LogP contribution in [0, 0.1) is 6.92 Å². The Hall–Kier alpha value is -2.17. The van der Waals surface area contributed by atoms with Crippen molar-refractivity contribution in [2.45, 2.75) is 33.2 Å². The number of nitrogens with one attached hydrogen (secondary N) is 1. The van der Waals surface area contributed by atoms with Gasteiger partial charge >= 0.3 is 0 Å². The maximum Gasteiger partial charge on any atom is 0.225 e. The zero-order valence-corrected chi connectivity index (χ0v) is 13.2. The molecule has 0 aliphatic carbocycles. The fraction of sp³-hybridized carbons (Fsp3) is 0.438. The normalized spacial score (nSPS) is 10.7. The molecular formula is C16H23N5. The third-order valence-electron chi connectivity index (χ3n) is 3.13. The van der Waals surface area contributed by atoms with Crippen molar-refractivity contribution in [2.75, 3.05) is 23.8 Å². The van der Waals surface area contributed by atoms with Crippen LogP contribution < -0.4 is 10.2 Å². The summed E-state index contributed by atoms with van der Waals surface area (Å²) < 4.78 is 0. The van der Waals surface area contributed by atoms with Gasteiger partial charge in [-0.25, -0.2) is 4.98 Å². The molecule has 0 unspecified atom stereocenters. The Morgan fingerprint density at radius 2 is 1.90 bits per heavy atom. The van der Waals surface area contributed by atoms with Crippen molar-refractivity contribution in [3.8, 4) is 0 Å². The van der Waals surface area contributed by atoms with Crippen LogP contribution in [-0.2, 0) is 6.42 Å². The maximum absolute atomic E-state index is 4.58. The zero-order valence-electron chi connectivity index (χ0n) is 13.2. The van der Waals surface area contributed by atoms with Gasteiger partial charge in [-0.05, 0) is 44.9 Å². The minimum absolute atomic E-state index is 0.321. The zero-order chi connectivity index (χ0) is 15.2. The lowest BCUT2D eigenvalue weighted by Crippen LogP contribution is -2.23. The van der Waals surface area contributed by atoms with E-state index in [-0.39, 0.29) is 0 Å². The van der Waals surface area contributed by atoms with E-state index in [1.54, 1.807) is 0 Å². The predicted molar refractivity (Wildman–Crippen MR) is 86.7 cm³/mol. The molecule has 0 aliphatic heterocycles. The number of rotatable bonds is 6. The summed E-state index contributed by atoms with van der Waals surface area (Å²) in [7, 11) is 2.06. The molecule has 5 heteroatoms. The first-order chi connectivity index (χ1) is 10.0. The molecule has 5 nitrogen and oxygen atoms in total. The Morgan fingerprint density at radius 1 is 1.19 bits per heavy atom. The Kier molecular flexibility index (Phi) is 5.09. The topological polar surface area (TPSA) is 53.9 Å². The first-order valence-electron chi connectivity index (χ1n) is 7.27. The largest absolute Gasteiger partial charge is 0.359 e. The number of anilines is 2. The number of hydrogen-bond donors (Lipinski definition) is 1. The summed E-state index contributed by atoms with van der Waals surface area (Å²) >= 11 is 0. The first-order valence-corrected chi connectivity index (χ1v) is 7.27. The quantitative estimate of drug-likeness (QED) is 0.884. The molecule has 0 aromatic carbocycles. The van der Waals surface area contributed by atoms with Crippen molar-refractivity contribution < 1.29 is 0 Å². The minimum atomic E-state index is 0.321. The Morgan fingerprint density at radius 3 is 2.57 bits per heavy atom. The van der Waals surface area contributed by atoms with Gasteiger partial charge in [-0.1, -0.05) is 0 Å². The summed E-state index contributed by atoms with van der Waals surface area (Å²) in [4.78, 5) is 15.2. The second-order valence-corrected chi connectivity index (χ2v) is 5.52. The van der Waals surface area contributed by atoms with Crippen LogP contribution >= 0.6 is 0 Å². The summed E-state index contributed by atoms with van der Waals surface area (Å²) in [6, 6.07) is 6.43. The molecule has 2 aromatic heterocycles. The molecule has 0 atom stereocenters. The predicted octanol–water partition coefficient (Wildman–Crippen LogP) is 2.68. The number of aryl methyl sites for hydroxylation is 1. The third-order valence-corrected chi connectivity index (χ3v) is 3.13. The summed E-state index contributed by atoms with van der Waals surface area (Å²) in [5, 5.41) is 3.26. The van der Waals surface area contributed by atoms with Gasteiger partial charge in [0.15, 0.2) is 0 Å². The highest BCUT2D eigenvalue weighted by atomic mass is 15.2. The molecule has 2 rings (SSSR count). The van der Waals surface area contributed by atoms with Crippen LogP contribution in [0.1, 0.15) is 25.1 Å². The van der Waals surface area contributed by atoms with Crippen LogP contribution in [0.4, 0.5) is 11.8 Å². The molecular weight excluding hydrogens is 262 g/mol. The highest BCUT2D eigenvalue weighted by molar-refractivity contribution is 5.44. The lowest BCUT2D eigenvalue weighted by molar-refractivity contribution is 0.836. The molecule has 0 aliphatic rings. The van der Waals surface area contributed by atoms with E-state index in [0.29, 0.717) is 12.0 Å². The number of aromatic nitrogens is 3. The average molecular weight is 285 g/mol. The Balaban J connectivity index is 2.04. The van der Waals surface area contributed by atoms with Gasteiger partial charge in [-0.15, -0.1) is 0 Å². The van der Waals surface area contributed by atoms with Gasteiger partial charge in [-0.3, -0.25) is 4.98 Å². The monoisotopic (exact) mass is 285 g/mol. The summed E-state index contributed by atoms with van der Waals surface area (Å²) in [6.07, 6.45) is 4.62. The van der Waals surface area contributed by atoms with E-state index in [2.05, 4.69) is 46.1 Å². The SMILES string of the molecule is Cc1cc(N(C)CCc2ccncc2)nc(NC(C)C)n1. The molecule has 2 aromatic rings. The van der Waals surface area contributed by atoms with Crippen LogP contribution in [-0.4, -0.2) is 34.6 Å². The van der Waals surface area contributed by atoms with Gasteiger partial charge < -0.3 is 10.2 Å². The molecule has 0 fully saturated rings. The second kappa shape index (κ2) is 7.02. The minimum Gasteiger partial charge on any atom is -0.359 e. The summed E-state index contributed by atoms with van der Waals surface area (Å²) in [5.41, 5.74) is 2.25. The van der Waals surface area contributed by atoms with E-state index >= 15 is 0 Å². The summed E-state index contributed by atoms with van der Waals surface area (Å²) in [5.74, 6) is 1.63. The first kappa shape index (κ1) is 15.2. The average Bonchev–Trinajstić information content (AvgIpc) is 2.44.